The largest absolute Gasteiger partial charge is 0.416 e. The number of alkyl halides is 3. The zero-order chi connectivity index (χ0) is 19.5. The van der Waals surface area contributed by atoms with Crippen LogP contribution in [0.4, 0.5) is 18.0 Å². The van der Waals surface area contributed by atoms with Gasteiger partial charge < -0.3 is 10.6 Å². The number of halogens is 3. The maximum atomic E-state index is 12.7. The molecule has 1 heterocycles. The summed E-state index contributed by atoms with van der Waals surface area (Å²) < 4.78 is 39.8. The summed E-state index contributed by atoms with van der Waals surface area (Å²) in [4.78, 5) is 12.2. The molecule has 5 nitrogen and oxygen atoms in total. The lowest BCUT2D eigenvalue weighted by molar-refractivity contribution is -0.137. The fourth-order valence-electron chi connectivity index (χ4n) is 2.60. The molecule has 0 saturated heterocycles. The Bertz CT molecular complexity index is 751. The Balaban J connectivity index is 2.03. The van der Waals surface area contributed by atoms with Gasteiger partial charge in [0.25, 0.3) is 0 Å². The molecule has 8 heteroatoms. The molecule has 2 amide bonds. The quantitative estimate of drug-likeness (QED) is 0.840. The number of rotatable bonds is 5. The summed E-state index contributed by atoms with van der Waals surface area (Å²) in [6, 6.07) is 4.09. The van der Waals surface area contributed by atoms with E-state index >= 15 is 0 Å². The Morgan fingerprint density at radius 3 is 2.31 bits per heavy atom. The van der Waals surface area contributed by atoms with Gasteiger partial charge in [-0.05, 0) is 30.5 Å². The highest BCUT2D eigenvalue weighted by Crippen LogP contribution is 2.31. The van der Waals surface area contributed by atoms with Crippen molar-refractivity contribution < 1.29 is 18.0 Å². The second-order valence-electron chi connectivity index (χ2n) is 6.55. The molecule has 26 heavy (non-hydrogen) atoms. The van der Waals surface area contributed by atoms with Crippen molar-refractivity contribution in [3.8, 4) is 0 Å². The third-order valence-electron chi connectivity index (χ3n) is 4.33. The number of carbonyl (C=O) groups is 1. The van der Waals surface area contributed by atoms with Crippen LogP contribution in [0.15, 0.2) is 30.5 Å². The Morgan fingerprint density at radius 2 is 1.85 bits per heavy atom. The lowest BCUT2D eigenvalue weighted by atomic mass is 9.95. The fourth-order valence-corrected chi connectivity index (χ4v) is 2.60. The van der Waals surface area contributed by atoms with Gasteiger partial charge in [0.1, 0.15) is 0 Å². The zero-order valence-corrected chi connectivity index (χ0v) is 15.2. The first-order chi connectivity index (χ1) is 12.1. The summed E-state index contributed by atoms with van der Waals surface area (Å²) in [5.74, 6) is 0.0117. The first-order valence-electron chi connectivity index (χ1n) is 8.28. The molecule has 0 radical (unpaired) electrons. The van der Waals surface area contributed by atoms with Crippen molar-refractivity contribution in [2.75, 3.05) is 0 Å². The number of hydrogen-bond donors (Lipinski definition) is 2. The summed E-state index contributed by atoms with van der Waals surface area (Å²) in [5, 5.41) is 9.70. The minimum Gasteiger partial charge on any atom is -0.334 e. The minimum atomic E-state index is -4.38. The van der Waals surface area contributed by atoms with Crippen molar-refractivity contribution in [3.05, 3.63) is 52.8 Å². The SMILES string of the molecule is Cc1c(CNC(=O)N[C@@H](c2ccc(C(F)(F)F)cc2)C(C)C)cnn1C. The van der Waals surface area contributed by atoms with Crippen LogP contribution in [0.25, 0.3) is 0 Å². The van der Waals surface area contributed by atoms with E-state index in [0.29, 0.717) is 12.1 Å². The molecule has 2 aromatic rings. The van der Waals surface area contributed by atoms with E-state index in [9.17, 15) is 18.0 Å². The average Bonchev–Trinajstić information content (AvgIpc) is 2.89. The Labute approximate surface area is 150 Å². The number of benzene rings is 1. The predicted octanol–water partition coefficient (Wildman–Crippen LogP) is 3.94. The van der Waals surface area contributed by atoms with Gasteiger partial charge in [0.15, 0.2) is 0 Å². The van der Waals surface area contributed by atoms with E-state index in [4.69, 9.17) is 0 Å². The van der Waals surface area contributed by atoms with Crippen LogP contribution in [0.3, 0.4) is 0 Å². The Kier molecular flexibility index (Phi) is 5.94. The molecular formula is C18H23F3N4O. The molecule has 0 aliphatic heterocycles. The summed E-state index contributed by atoms with van der Waals surface area (Å²) >= 11 is 0. The summed E-state index contributed by atoms with van der Waals surface area (Å²) in [6.45, 7) is 6.02. The number of nitrogens with zero attached hydrogens (tertiary/aromatic N) is 2. The normalized spacial score (nSPS) is 12.9. The van der Waals surface area contributed by atoms with Crippen LogP contribution in [0.5, 0.6) is 0 Å². The minimum absolute atomic E-state index is 0.0117. The first kappa shape index (κ1) is 19.8. The molecule has 0 unspecified atom stereocenters. The summed E-state index contributed by atoms with van der Waals surface area (Å²) in [6.07, 6.45) is -2.69. The zero-order valence-electron chi connectivity index (χ0n) is 15.2. The third-order valence-corrected chi connectivity index (χ3v) is 4.33. The third kappa shape index (κ3) is 4.77. The van der Waals surface area contributed by atoms with Crippen LogP contribution in [0.1, 0.15) is 42.3 Å². The van der Waals surface area contributed by atoms with Crippen LogP contribution in [0, 0.1) is 12.8 Å². The van der Waals surface area contributed by atoms with Gasteiger partial charge in [0, 0.05) is 24.8 Å². The van der Waals surface area contributed by atoms with Crippen molar-refractivity contribution in [2.45, 2.75) is 39.5 Å². The summed E-state index contributed by atoms with van der Waals surface area (Å²) in [5.41, 5.74) is 1.77. The maximum absolute atomic E-state index is 12.7. The smallest absolute Gasteiger partial charge is 0.334 e. The fraction of sp³-hybridized carbons (Fsp3) is 0.444. The molecule has 0 aliphatic rings. The molecule has 2 rings (SSSR count). The van der Waals surface area contributed by atoms with Crippen LogP contribution >= 0.6 is 0 Å². The maximum Gasteiger partial charge on any atom is 0.416 e. The van der Waals surface area contributed by atoms with E-state index < -0.39 is 17.8 Å². The number of carbonyl (C=O) groups excluding carboxylic acids is 1. The second-order valence-corrected chi connectivity index (χ2v) is 6.55. The van der Waals surface area contributed by atoms with E-state index in [0.717, 1.165) is 23.4 Å². The Morgan fingerprint density at radius 1 is 1.23 bits per heavy atom. The summed E-state index contributed by atoms with van der Waals surface area (Å²) in [7, 11) is 1.82. The predicted molar refractivity (Wildman–Crippen MR) is 92.3 cm³/mol. The number of urea groups is 1. The molecule has 1 atom stereocenters. The molecule has 0 fully saturated rings. The van der Waals surface area contributed by atoms with Gasteiger partial charge in [-0.3, -0.25) is 4.68 Å². The Hall–Kier alpha value is -2.51. The molecule has 0 spiro atoms. The van der Waals surface area contributed by atoms with Crippen molar-refractivity contribution >= 4 is 6.03 Å². The molecule has 0 bridgehead atoms. The molecular weight excluding hydrogens is 345 g/mol. The average molecular weight is 368 g/mol. The number of amides is 2. The molecule has 1 aromatic heterocycles. The highest BCUT2D eigenvalue weighted by molar-refractivity contribution is 5.74. The van der Waals surface area contributed by atoms with Gasteiger partial charge in [-0.1, -0.05) is 26.0 Å². The molecule has 2 N–H and O–H groups in total. The highest BCUT2D eigenvalue weighted by Gasteiger charge is 2.30. The van der Waals surface area contributed by atoms with Gasteiger partial charge in [-0.15, -0.1) is 0 Å². The topological polar surface area (TPSA) is 59.0 Å². The number of hydrogen-bond acceptors (Lipinski definition) is 2. The van der Waals surface area contributed by atoms with Gasteiger partial charge in [0.2, 0.25) is 0 Å². The lowest BCUT2D eigenvalue weighted by Gasteiger charge is -2.23. The number of nitrogens with one attached hydrogen (secondary N) is 2. The van der Waals surface area contributed by atoms with E-state index in [-0.39, 0.29) is 11.9 Å². The van der Waals surface area contributed by atoms with Crippen molar-refractivity contribution in [3.63, 3.8) is 0 Å². The van der Waals surface area contributed by atoms with Crippen molar-refractivity contribution in [1.82, 2.24) is 20.4 Å². The second kappa shape index (κ2) is 7.80. The molecule has 0 aliphatic carbocycles. The van der Waals surface area contributed by atoms with E-state index in [2.05, 4.69) is 15.7 Å². The number of aromatic nitrogens is 2. The highest BCUT2D eigenvalue weighted by atomic mass is 19.4. The van der Waals surface area contributed by atoms with Crippen LogP contribution in [-0.4, -0.2) is 15.8 Å². The first-order valence-corrected chi connectivity index (χ1v) is 8.28. The lowest BCUT2D eigenvalue weighted by Crippen LogP contribution is -2.39. The monoisotopic (exact) mass is 368 g/mol. The van der Waals surface area contributed by atoms with Crippen molar-refractivity contribution in [1.29, 1.82) is 0 Å². The molecule has 142 valence electrons. The van der Waals surface area contributed by atoms with E-state index in [1.54, 1.807) is 10.9 Å². The standard InChI is InChI=1S/C18H23F3N4O/c1-11(2)16(13-5-7-15(8-6-13)18(19,20)21)24-17(26)22-9-14-10-23-25(4)12(14)3/h5-8,10-11,16H,9H2,1-4H3,(H2,22,24,26)/t16-/m1/s1. The van der Waals surface area contributed by atoms with Crippen LogP contribution < -0.4 is 10.6 Å². The molecule has 1 aromatic carbocycles. The van der Waals surface area contributed by atoms with Gasteiger partial charge >= 0.3 is 12.2 Å². The van der Waals surface area contributed by atoms with Crippen LogP contribution in [-0.2, 0) is 19.8 Å². The molecule has 0 saturated carbocycles. The van der Waals surface area contributed by atoms with Gasteiger partial charge in [-0.25, -0.2) is 4.79 Å². The van der Waals surface area contributed by atoms with Crippen LogP contribution in [0.2, 0.25) is 0 Å². The van der Waals surface area contributed by atoms with E-state index in [1.165, 1.54) is 12.1 Å². The van der Waals surface area contributed by atoms with Crippen molar-refractivity contribution in [2.24, 2.45) is 13.0 Å². The van der Waals surface area contributed by atoms with E-state index in [1.807, 2.05) is 27.8 Å². The number of aryl methyl sites for hydroxylation is 1. The van der Waals surface area contributed by atoms with Gasteiger partial charge in [0.05, 0.1) is 17.8 Å². The van der Waals surface area contributed by atoms with Gasteiger partial charge in [-0.2, -0.15) is 18.3 Å².